The fraction of sp³-hybridized carbons (Fsp3) is 0.625. The maximum absolute atomic E-state index is 13.3. The van der Waals surface area contributed by atoms with Crippen LogP contribution in [0.5, 0.6) is 0 Å². The van der Waals surface area contributed by atoms with Crippen LogP contribution in [-0.2, 0) is 6.54 Å². The molecular formula is C16H23BrFNO. The van der Waals surface area contributed by atoms with E-state index in [2.05, 4.69) is 35.1 Å². The van der Waals surface area contributed by atoms with E-state index in [4.69, 9.17) is 0 Å². The van der Waals surface area contributed by atoms with Gasteiger partial charge in [0.15, 0.2) is 0 Å². The molecular weight excluding hydrogens is 321 g/mol. The molecule has 1 aromatic carbocycles. The average molecular weight is 344 g/mol. The van der Waals surface area contributed by atoms with Gasteiger partial charge in [-0.15, -0.1) is 0 Å². The molecule has 0 radical (unpaired) electrons. The van der Waals surface area contributed by atoms with Gasteiger partial charge < -0.3 is 10.4 Å². The molecule has 0 atom stereocenters. The summed E-state index contributed by atoms with van der Waals surface area (Å²) in [5, 5.41) is 13.8. The monoisotopic (exact) mass is 343 g/mol. The minimum atomic E-state index is -0.611. The summed E-state index contributed by atoms with van der Waals surface area (Å²) in [4.78, 5) is 0. The Labute approximate surface area is 128 Å². The van der Waals surface area contributed by atoms with Gasteiger partial charge in [-0.3, -0.25) is 0 Å². The van der Waals surface area contributed by atoms with E-state index in [9.17, 15) is 9.50 Å². The minimum absolute atomic E-state index is 0.241. The number of halogens is 2. The van der Waals surface area contributed by atoms with Crippen LogP contribution in [0.15, 0.2) is 22.7 Å². The van der Waals surface area contributed by atoms with Crippen molar-refractivity contribution in [3.05, 3.63) is 34.1 Å². The summed E-state index contributed by atoms with van der Waals surface area (Å²) in [6, 6.07) is 4.86. The number of hydrogen-bond acceptors (Lipinski definition) is 2. The van der Waals surface area contributed by atoms with Crippen LogP contribution >= 0.6 is 15.9 Å². The van der Waals surface area contributed by atoms with Gasteiger partial charge in [0.1, 0.15) is 5.82 Å². The first-order valence-corrected chi connectivity index (χ1v) is 7.96. The molecule has 0 aliphatic heterocycles. The van der Waals surface area contributed by atoms with Gasteiger partial charge in [0.25, 0.3) is 0 Å². The molecule has 4 heteroatoms. The summed E-state index contributed by atoms with van der Waals surface area (Å²) in [6.45, 7) is 5.65. The van der Waals surface area contributed by atoms with Crippen LogP contribution < -0.4 is 5.32 Å². The van der Waals surface area contributed by atoms with Gasteiger partial charge in [0.2, 0.25) is 0 Å². The van der Waals surface area contributed by atoms with Crippen molar-refractivity contribution in [1.82, 2.24) is 5.32 Å². The van der Waals surface area contributed by atoms with Crippen molar-refractivity contribution in [2.24, 2.45) is 5.41 Å². The lowest BCUT2D eigenvalue weighted by molar-refractivity contribution is -0.0245. The Hall–Kier alpha value is -0.450. The smallest absolute Gasteiger partial charge is 0.124 e. The molecule has 0 heterocycles. The van der Waals surface area contributed by atoms with Gasteiger partial charge in [0, 0.05) is 17.6 Å². The van der Waals surface area contributed by atoms with Crippen LogP contribution in [0, 0.1) is 11.2 Å². The molecule has 0 unspecified atom stereocenters. The molecule has 2 rings (SSSR count). The van der Waals surface area contributed by atoms with Crippen molar-refractivity contribution in [1.29, 1.82) is 0 Å². The van der Waals surface area contributed by atoms with Crippen LogP contribution in [0.1, 0.15) is 45.1 Å². The fourth-order valence-electron chi connectivity index (χ4n) is 2.72. The van der Waals surface area contributed by atoms with Gasteiger partial charge >= 0.3 is 0 Å². The number of aliphatic hydroxyl groups is 1. The molecule has 0 bridgehead atoms. The zero-order valence-corrected chi connectivity index (χ0v) is 13.8. The Balaban J connectivity index is 1.83. The zero-order valence-electron chi connectivity index (χ0n) is 12.2. The Morgan fingerprint density at radius 2 is 1.85 bits per heavy atom. The second kappa shape index (κ2) is 6.12. The van der Waals surface area contributed by atoms with Crippen LogP contribution in [0.4, 0.5) is 4.39 Å². The lowest BCUT2D eigenvalue weighted by atomic mass is 9.71. The van der Waals surface area contributed by atoms with E-state index >= 15 is 0 Å². The Bertz CT molecular complexity index is 445. The van der Waals surface area contributed by atoms with Gasteiger partial charge in [-0.2, -0.15) is 0 Å². The Morgan fingerprint density at radius 1 is 1.20 bits per heavy atom. The fourth-order valence-corrected chi connectivity index (χ4v) is 3.23. The molecule has 0 aromatic heterocycles. The largest absolute Gasteiger partial charge is 0.389 e. The highest BCUT2D eigenvalue weighted by molar-refractivity contribution is 9.10. The molecule has 1 saturated carbocycles. The van der Waals surface area contributed by atoms with Crippen molar-refractivity contribution in [3.8, 4) is 0 Å². The highest BCUT2D eigenvalue weighted by atomic mass is 79.9. The molecule has 1 aliphatic rings. The summed E-state index contributed by atoms with van der Waals surface area (Å²) < 4.78 is 14.0. The van der Waals surface area contributed by atoms with Crippen LogP contribution in [0.25, 0.3) is 0 Å². The average Bonchev–Trinajstić information content (AvgIpc) is 2.33. The zero-order chi connectivity index (χ0) is 14.8. The molecule has 1 fully saturated rings. The lowest BCUT2D eigenvalue weighted by Crippen LogP contribution is -2.44. The molecule has 0 amide bonds. The molecule has 112 valence electrons. The lowest BCUT2D eigenvalue weighted by Gasteiger charge is -2.40. The summed E-state index contributed by atoms with van der Waals surface area (Å²) in [6.07, 6.45) is 3.77. The standard InChI is InChI=1S/C16H23BrFNO/c1-15(2)3-5-16(20,6-4-15)11-19-10-12-7-13(17)9-14(18)8-12/h7-9,19-20H,3-6,10-11H2,1-2H3. The molecule has 1 aromatic rings. The number of nitrogens with one attached hydrogen (secondary N) is 1. The maximum atomic E-state index is 13.3. The molecule has 0 spiro atoms. The normalized spacial score (nSPS) is 20.9. The first-order valence-electron chi connectivity index (χ1n) is 7.16. The van der Waals surface area contributed by atoms with Crippen molar-refractivity contribution in [2.45, 2.75) is 51.7 Å². The van der Waals surface area contributed by atoms with E-state index in [1.54, 1.807) is 0 Å². The van der Waals surface area contributed by atoms with E-state index in [1.165, 1.54) is 12.1 Å². The second-order valence-corrected chi connectivity index (χ2v) is 7.69. The summed E-state index contributed by atoms with van der Waals surface area (Å²) in [5.74, 6) is -0.241. The summed E-state index contributed by atoms with van der Waals surface area (Å²) >= 11 is 3.29. The first-order chi connectivity index (χ1) is 9.28. The van der Waals surface area contributed by atoms with E-state index in [0.29, 0.717) is 18.5 Å². The first kappa shape index (κ1) is 15.9. The van der Waals surface area contributed by atoms with Gasteiger partial charge in [0.05, 0.1) is 5.60 Å². The topological polar surface area (TPSA) is 32.3 Å². The predicted molar refractivity (Wildman–Crippen MR) is 83.0 cm³/mol. The van der Waals surface area contributed by atoms with Crippen LogP contribution in [0.3, 0.4) is 0 Å². The summed E-state index contributed by atoms with van der Waals surface area (Å²) in [5.41, 5.74) is 0.622. The quantitative estimate of drug-likeness (QED) is 0.865. The van der Waals surface area contributed by atoms with Crippen LogP contribution in [-0.4, -0.2) is 17.3 Å². The van der Waals surface area contributed by atoms with E-state index in [1.807, 2.05) is 6.07 Å². The van der Waals surface area contributed by atoms with Crippen LogP contribution in [0.2, 0.25) is 0 Å². The Morgan fingerprint density at radius 3 is 2.45 bits per heavy atom. The molecule has 2 nitrogen and oxygen atoms in total. The van der Waals surface area contributed by atoms with Gasteiger partial charge in [-0.1, -0.05) is 29.8 Å². The maximum Gasteiger partial charge on any atom is 0.124 e. The third-order valence-electron chi connectivity index (χ3n) is 4.24. The van der Waals surface area contributed by atoms with Gasteiger partial charge in [-0.25, -0.2) is 4.39 Å². The van der Waals surface area contributed by atoms with Crippen molar-refractivity contribution in [2.75, 3.05) is 6.54 Å². The molecule has 20 heavy (non-hydrogen) atoms. The van der Waals surface area contributed by atoms with Crippen molar-refractivity contribution < 1.29 is 9.50 Å². The van der Waals surface area contributed by atoms with E-state index < -0.39 is 5.60 Å². The third kappa shape index (κ3) is 4.54. The minimum Gasteiger partial charge on any atom is -0.389 e. The molecule has 0 saturated heterocycles. The molecule has 2 N–H and O–H groups in total. The third-order valence-corrected chi connectivity index (χ3v) is 4.70. The van der Waals surface area contributed by atoms with Crippen molar-refractivity contribution >= 4 is 15.9 Å². The summed E-state index contributed by atoms with van der Waals surface area (Å²) in [7, 11) is 0. The number of hydrogen-bond donors (Lipinski definition) is 2. The SMILES string of the molecule is CC1(C)CCC(O)(CNCc2cc(F)cc(Br)c2)CC1. The van der Waals surface area contributed by atoms with Gasteiger partial charge in [-0.05, 0) is 54.9 Å². The second-order valence-electron chi connectivity index (χ2n) is 6.77. The molecule has 1 aliphatic carbocycles. The highest BCUT2D eigenvalue weighted by Gasteiger charge is 2.36. The number of rotatable bonds is 4. The number of benzene rings is 1. The van der Waals surface area contributed by atoms with E-state index in [0.717, 1.165) is 35.7 Å². The van der Waals surface area contributed by atoms with E-state index in [-0.39, 0.29) is 5.82 Å². The highest BCUT2D eigenvalue weighted by Crippen LogP contribution is 2.39. The predicted octanol–water partition coefficient (Wildman–Crippen LogP) is 4.01. The Kier molecular flexibility index (Phi) is 4.88. The van der Waals surface area contributed by atoms with Crippen molar-refractivity contribution in [3.63, 3.8) is 0 Å².